The van der Waals surface area contributed by atoms with Crippen molar-refractivity contribution in [1.29, 1.82) is 0 Å². The second-order valence-corrected chi connectivity index (χ2v) is 9.44. The molecule has 1 aromatic carbocycles. The van der Waals surface area contributed by atoms with E-state index in [9.17, 15) is 19.5 Å². The number of benzene rings is 1. The van der Waals surface area contributed by atoms with Crippen LogP contribution < -0.4 is 0 Å². The zero-order valence-electron chi connectivity index (χ0n) is 20.7. The van der Waals surface area contributed by atoms with Crippen LogP contribution >= 0.6 is 15.9 Å². The summed E-state index contributed by atoms with van der Waals surface area (Å²) >= 11 is 3.19. The van der Waals surface area contributed by atoms with Crippen LogP contribution in [0.4, 0.5) is 4.79 Å². The van der Waals surface area contributed by atoms with Gasteiger partial charge in [-0.3, -0.25) is 9.59 Å². The fraction of sp³-hybridized carbons (Fsp3) is 0.560. The van der Waals surface area contributed by atoms with E-state index in [1.807, 2.05) is 6.07 Å². The monoisotopic (exact) mass is 585 g/mol. The molecule has 5 atom stereocenters. The van der Waals surface area contributed by atoms with E-state index in [4.69, 9.17) is 28.8 Å². The Morgan fingerprint density at radius 3 is 2.49 bits per heavy atom. The van der Waals surface area contributed by atoms with E-state index in [2.05, 4.69) is 15.9 Å². The lowest BCUT2D eigenvalue weighted by molar-refractivity contribution is -0.227. The Kier molecular flexibility index (Phi) is 10.8. The summed E-state index contributed by atoms with van der Waals surface area (Å²) in [6, 6.07) is 8.34. The van der Waals surface area contributed by atoms with Gasteiger partial charge in [0.25, 0.3) is 5.91 Å². The van der Waals surface area contributed by atoms with E-state index in [0.29, 0.717) is 19.6 Å². The second-order valence-electron chi connectivity index (χ2n) is 8.59. The van der Waals surface area contributed by atoms with Crippen molar-refractivity contribution in [2.24, 2.45) is 0 Å². The molecule has 2 aliphatic heterocycles. The van der Waals surface area contributed by atoms with E-state index in [-0.39, 0.29) is 30.7 Å². The highest BCUT2D eigenvalue weighted by atomic mass is 79.9. The Morgan fingerprint density at radius 1 is 1.16 bits per heavy atom. The summed E-state index contributed by atoms with van der Waals surface area (Å²) in [4.78, 5) is 39.8. The van der Waals surface area contributed by atoms with Crippen LogP contribution in [0.1, 0.15) is 31.4 Å². The first kappa shape index (κ1) is 29.4. The average molecular weight is 586 g/mol. The average Bonchev–Trinajstić information content (AvgIpc) is 3.18. The Morgan fingerprint density at radius 2 is 1.84 bits per heavy atom. The number of amides is 2. The number of hydrogen-bond donors (Lipinski definition) is 2. The summed E-state index contributed by atoms with van der Waals surface area (Å²) in [7, 11) is 1.22. The normalized spacial score (nSPS) is 26.7. The van der Waals surface area contributed by atoms with Gasteiger partial charge in [-0.2, -0.15) is 0 Å². The molecule has 0 saturated carbocycles. The molecule has 0 bridgehead atoms. The minimum absolute atomic E-state index is 0.0498. The lowest BCUT2D eigenvalue weighted by Gasteiger charge is -2.38. The first-order valence-electron chi connectivity index (χ1n) is 11.9. The van der Waals surface area contributed by atoms with Gasteiger partial charge in [0, 0.05) is 20.1 Å². The van der Waals surface area contributed by atoms with Crippen LogP contribution in [0.5, 0.6) is 0 Å². The van der Waals surface area contributed by atoms with Gasteiger partial charge in [0.2, 0.25) is 0 Å². The minimum atomic E-state index is -1.91. The maximum absolute atomic E-state index is 13.4. The third kappa shape index (κ3) is 7.02. The van der Waals surface area contributed by atoms with Crippen molar-refractivity contribution in [1.82, 2.24) is 4.90 Å². The Hall–Kier alpha value is -2.19. The molecule has 2 amide bonds. The molecular weight excluding hydrogens is 554 g/mol. The van der Waals surface area contributed by atoms with Gasteiger partial charge in [0.05, 0.1) is 37.0 Å². The van der Waals surface area contributed by atoms with Crippen molar-refractivity contribution in [3.63, 3.8) is 0 Å². The molecular formula is C25H32BrNO10. The van der Waals surface area contributed by atoms with Gasteiger partial charge in [-0.15, -0.1) is 0 Å². The largest absolute Gasteiger partial charge is 0.439 e. The molecule has 1 fully saturated rings. The van der Waals surface area contributed by atoms with Crippen LogP contribution in [-0.2, 0) is 33.3 Å². The van der Waals surface area contributed by atoms with E-state index in [1.54, 1.807) is 31.2 Å². The van der Waals surface area contributed by atoms with Gasteiger partial charge in [-0.1, -0.05) is 30.3 Å². The molecule has 0 radical (unpaired) electrons. The number of imide groups is 1. The topological polar surface area (TPSA) is 141 Å². The van der Waals surface area contributed by atoms with E-state index >= 15 is 0 Å². The Balaban J connectivity index is 1.65. The van der Waals surface area contributed by atoms with Gasteiger partial charge >= 0.3 is 6.09 Å². The number of methoxy groups -OCH3 is 1. The number of hydrogen-bond acceptors (Lipinski definition) is 10. The highest BCUT2D eigenvalue weighted by molar-refractivity contribution is 9.11. The number of aliphatic hydroxyl groups is 2. The van der Waals surface area contributed by atoms with Crippen LogP contribution in [0.3, 0.4) is 0 Å². The van der Waals surface area contributed by atoms with Crippen molar-refractivity contribution in [3.8, 4) is 0 Å². The fourth-order valence-electron chi connectivity index (χ4n) is 4.17. The van der Waals surface area contributed by atoms with E-state index in [1.165, 1.54) is 7.11 Å². The van der Waals surface area contributed by atoms with Crippen molar-refractivity contribution in [2.75, 3.05) is 40.1 Å². The predicted octanol–water partition coefficient (Wildman–Crippen LogP) is 1.85. The Labute approximate surface area is 223 Å². The maximum atomic E-state index is 13.4. The molecule has 1 saturated heterocycles. The second kappa shape index (κ2) is 13.6. The summed E-state index contributed by atoms with van der Waals surface area (Å²) in [6.07, 6.45) is -2.97. The number of cyclic esters (lactones) is 1. The maximum Gasteiger partial charge on any atom is 0.417 e. The zero-order chi connectivity index (χ0) is 27.0. The first-order valence-corrected chi connectivity index (χ1v) is 12.7. The molecule has 0 spiro atoms. The fourth-order valence-corrected chi connectivity index (χ4v) is 4.69. The van der Waals surface area contributed by atoms with Crippen molar-refractivity contribution in [3.05, 3.63) is 46.5 Å². The molecule has 2 heterocycles. The first-order chi connectivity index (χ1) is 17.7. The molecule has 37 heavy (non-hydrogen) atoms. The van der Waals surface area contributed by atoms with Gasteiger partial charge in [0.1, 0.15) is 6.10 Å². The summed E-state index contributed by atoms with van der Waals surface area (Å²) in [5.41, 5.74) is 0.723. The third-order valence-corrected chi connectivity index (χ3v) is 6.91. The number of carbonyl (C=O) groups excluding carboxylic acids is 3. The van der Waals surface area contributed by atoms with Gasteiger partial charge in [0.15, 0.2) is 23.8 Å². The van der Waals surface area contributed by atoms with Crippen LogP contribution in [0, 0.1) is 0 Å². The molecule has 11 nitrogen and oxygen atoms in total. The van der Waals surface area contributed by atoms with Crippen molar-refractivity contribution in [2.45, 2.75) is 49.9 Å². The quantitative estimate of drug-likeness (QED) is 0.329. The minimum Gasteiger partial charge on any atom is -0.439 e. The molecule has 2 aliphatic rings. The number of rotatable bonds is 13. The molecule has 0 unspecified atom stereocenters. The lowest BCUT2D eigenvalue weighted by Crippen LogP contribution is -2.56. The molecule has 2 N–H and O–H groups in total. The smallest absolute Gasteiger partial charge is 0.417 e. The molecule has 12 heteroatoms. The number of aliphatic hydroxyl groups excluding tert-OH is 1. The predicted molar refractivity (Wildman–Crippen MR) is 133 cm³/mol. The van der Waals surface area contributed by atoms with Gasteiger partial charge < -0.3 is 33.9 Å². The van der Waals surface area contributed by atoms with Crippen LogP contribution in [-0.4, -0.2) is 97.1 Å². The highest BCUT2D eigenvalue weighted by Crippen LogP contribution is 2.37. The summed E-state index contributed by atoms with van der Waals surface area (Å²) < 4.78 is 27.2. The molecule has 204 valence electrons. The highest BCUT2D eigenvalue weighted by Gasteiger charge is 2.51. The molecule has 0 aromatic heterocycles. The van der Waals surface area contributed by atoms with Crippen LogP contribution in [0.15, 0.2) is 40.9 Å². The number of nitrogens with zero attached hydrogens (tertiary/aromatic N) is 1. The summed E-state index contributed by atoms with van der Waals surface area (Å²) in [5, 5.41) is 19.8. The number of ketones is 1. The standard InChI is InChI=1S/C25H32BrNO10/c1-16-20(17-7-4-3-5-8-17)36-24(31)27(16)23(30)22(33-2)21-18(29)15-19(26)25(32,37-21)9-6-11-34-13-14-35-12-10-28/h3-5,7-8,15-16,20-22,28,32H,6,9-14H2,1-2H3/t16-,20-,21+,22-,25+/m0/s1. The SMILES string of the molecule is CO[C@H](C(=O)N1C(=O)O[C@H](c2ccccc2)[C@@H]1C)[C@@H]1O[C@](O)(CCCOCCOCCO)C(Br)=CC1=O. The molecule has 3 rings (SSSR count). The number of carbonyl (C=O) groups is 3. The molecule has 0 aliphatic carbocycles. The number of ether oxygens (including phenoxy) is 5. The van der Waals surface area contributed by atoms with Crippen LogP contribution in [0.2, 0.25) is 0 Å². The third-order valence-electron chi connectivity index (χ3n) is 6.06. The Bertz CT molecular complexity index is 973. The van der Waals surface area contributed by atoms with Crippen molar-refractivity contribution >= 4 is 33.7 Å². The summed E-state index contributed by atoms with van der Waals surface area (Å²) in [6.45, 7) is 2.73. The van der Waals surface area contributed by atoms with Crippen molar-refractivity contribution < 1.29 is 48.3 Å². The molecule has 1 aromatic rings. The zero-order valence-corrected chi connectivity index (χ0v) is 22.3. The van der Waals surface area contributed by atoms with Gasteiger partial charge in [-0.25, -0.2) is 9.69 Å². The van der Waals surface area contributed by atoms with Gasteiger partial charge in [-0.05, 0) is 40.9 Å². The van der Waals surface area contributed by atoms with Crippen LogP contribution in [0.25, 0.3) is 0 Å². The van der Waals surface area contributed by atoms with E-state index in [0.717, 1.165) is 16.5 Å². The lowest BCUT2D eigenvalue weighted by atomic mass is 9.98. The number of halogens is 1. The summed E-state index contributed by atoms with van der Waals surface area (Å²) in [5.74, 6) is -3.32. The van der Waals surface area contributed by atoms with E-state index < -0.39 is 47.9 Å².